The fourth-order valence-electron chi connectivity index (χ4n) is 3.84. The van der Waals surface area contributed by atoms with Gasteiger partial charge in [0.05, 0.1) is 44.9 Å². The number of allylic oxidation sites excluding steroid dienone is 2. The first-order valence-corrected chi connectivity index (χ1v) is 14.3. The Kier molecular flexibility index (Phi) is 16.0. The summed E-state index contributed by atoms with van der Waals surface area (Å²) in [5.41, 5.74) is 0. The van der Waals surface area contributed by atoms with Crippen molar-refractivity contribution in [3.05, 3.63) is 12.2 Å². The summed E-state index contributed by atoms with van der Waals surface area (Å²) in [6, 6.07) is 0. The molecule has 0 bridgehead atoms. The molecule has 4 amide bonds. The maximum Gasteiger partial charge on any atom is 0.407 e. The van der Waals surface area contributed by atoms with Gasteiger partial charge in [0.25, 0.3) is 0 Å². The summed E-state index contributed by atoms with van der Waals surface area (Å²) in [5.74, 6) is -0.666. The molecule has 1 aliphatic carbocycles. The lowest BCUT2D eigenvalue weighted by Crippen LogP contribution is -2.36. The third kappa shape index (κ3) is 13.3. The van der Waals surface area contributed by atoms with E-state index < -0.39 is 6.09 Å². The Hall–Kier alpha value is -2.15. The summed E-state index contributed by atoms with van der Waals surface area (Å²) >= 11 is 1.35. The Morgan fingerprint density at radius 3 is 2.27 bits per heavy atom. The molecule has 210 valence electrons. The molecule has 1 aliphatic heterocycles. The van der Waals surface area contributed by atoms with Crippen molar-refractivity contribution in [2.75, 3.05) is 65.5 Å². The second kappa shape index (κ2) is 19.0. The lowest BCUT2D eigenvalue weighted by molar-refractivity contribution is -0.138. The van der Waals surface area contributed by atoms with Crippen LogP contribution in [0.1, 0.15) is 44.9 Å². The molecule has 1 heterocycles. The van der Waals surface area contributed by atoms with Gasteiger partial charge >= 0.3 is 6.09 Å². The fraction of sp³-hybridized carbons (Fsp3) is 0.760. The number of imide groups is 1. The van der Waals surface area contributed by atoms with Crippen molar-refractivity contribution in [3.63, 3.8) is 0 Å². The number of hydrogen-bond donors (Lipinski definition) is 2. The SMILES string of the molecule is CSC1CC(=O)N(CCC(=O)NCCOCCOCCOCCNC(=O)OC2CC/C=C/CCC2)C1=O. The number of carbonyl (C=O) groups excluding carboxylic acids is 4. The van der Waals surface area contributed by atoms with Crippen molar-refractivity contribution in [1.82, 2.24) is 15.5 Å². The number of likely N-dealkylation sites (tertiary alicyclic amines) is 1. The lowest BCUT2D eigenvalue weighted by atomic mass is 10.0. The predicted octanol–water partition coefficient (Wildman–Crippen LogP) is 1.65. The molecule has 2 atom stereocenters. The van der Waals surface area contributed by atoms with Crippen molar-refractivity contribution in [2.45, 2.75) is 56.3 Å². The smallest absolute Gasteiger partial charge is 0.407 e. The van der Waals surface area contributed by atoms with Crippen molar-refractivity contribution in [3.8, 4) is 0 Å². The Bertz CT molecular complexity index is 751. The third-order valence-electron chi connectivity index (χ3n) is 5.87. The van der Waals surface area contributed by atoms with Crippen molar-refractivity contribution >= 4 is 35.6 Å². The molecule has 0 aromatic carbocycles. The van der Waals surface area contributed by atoms with Crippen LogP contribution in [0.25, 0.3) is 0 Å². The quantitative estimate of drug-likeness (QED) is 0.160. The number of rotatable bonds is 17. The summed E-state index contributed by atoms with van der Waals surface area (Å²) < 4.78 is 21.7. The fourth-order valence-corrected chi connectivity index (χ4v) is 4.48. The number of nitrogens with zero attached hydrogens (tertiary/aromatic N) is 1. The Labute approximate surface area is 223 Å². The number of amides is 4. The van der Waals surface area contributed by atoms with Crippen molar-refractivity contribution in [2.24, 2.45) is 0 Å². The summed E-state index contributed by atoms with van der Waals surface area (Å²) in [6.07, 6.45) is 10.8. The Morgan fingerprint density at radius 2 is 1.59 bits per heavy atom. The number of nitrogens with one attached hydrogen (secondary N) is 2. The molecule has 2 unspecified atom stereocenters. The average molecular weight is 544 g/mol. The van der Waals surface area contributed by atoms with Crippen LogP contribution in [-0.2, 0) is 33.3 Å². The molecule has 2 rings (SSSR count). The van der Waals surface area contributed by atoms with Gasteiger partial charge in [-0.2, -0.15) is 11.8 Å². The standard InChI is InChI=1S/C25H41N3O8S/c1-37-21-19-23(30)28(24(21)31)12-9-22(29)26-10-13-33-15-17-35-18-16-34-14-11-27-25(32)36-20-7-5-3-2-4-6-8-20/h2-3,20-21H,4-19H2,1H3,(H,26,29)(H,27,32)/b3-2+. The van der Waals surface area contributed by atoms with E-state index in [2.05, 4.69) is 22.8 Å². The molecule has 0 spiro atoms. The maximum atomic E-state index is 12.0. The molecule has 12 heteroatoms. The summed E-state index contributed by atoms with van der Waals surface area (Å²) in [7, 11) is 0. The maximum absolute atomic E-state index is 12.0. The Morgan fingerprint density at radius 1 is 0.946 bits per heavy atom. The van der Waals surface area contributed by atoms with Crippen LogP contribution in [0.5, 0.6) is 0 Å². The molecule has 1 saturated heterocycles. The van der Waals surface area contributed by atoms with E-state index in [0.717, 1.165) is 32.1 Å². The van der Waals surface area contributed by atoms with Gasteiger partial charge in [0.15, 0.2) is 0 Å². The number of alkyl carbamates (subject to hydrolysis) is 1. The molecule has 0 aromatic rings. The highest BCUT2D eigenvalue weighted by atomic mass is 32.2. The minimum absolute atomic E-state index is 0.0236. The second-order valence-electron chi connectivity index (χ2n) is 8.68. The summed E-state index contributed by atoms with van der Waals surface area (Å²) in [4.78, 5) is 48.8. The molecular weight excluding hydrogens is 502 g/mol. The van der Waals surface area contributed by atoms with E-state index >= 15 is 0 Å². The van der Waals surface area contributed by atoms with Crippen LogP contribution in [0.2, 0.25) is 0 Å². The zero-order valence-corrected chi connectivity index (χ0v) is 22.6. The molecular formula is C25H41N3O8S. The molecule has 11 nitrogen and oxygen atoms in total. The second-order valence-corrected chi connectivity index (χ2v) is 9.72. The monoisotopic (exact) mass is 543 g/mol. The first-order chi connectivity index (χ1) is 18.0. The van der Waals surface area contributed by atoms with Crippen LogP contribution in [-0.4, -0.2) is 106 Å². The van der Waals surface area contributed by atoms with Gasteiger partial charge in [-0.3, -0.25) is 19.3 Å². The van der Waals surface area contributed by atoms with Crippen LogP contribution in [0.4, 0.5) is 4.79 Å². The van der Waals surface area contributed by atoms with Gasteiger partial charge in [0.2, 0.25) is 17.7 Å². The van der Waals surface area contributed by atoms with Crippen molar-refractivity contribution < 1.29 is 38.1 Å². The summed E-state index contributed by atoms with van der Waals surface area (Å²) in [6.45, 7) is 3.12. The number of ether oxygens (including phenoxy) is 4. The summed E-state index contributed by atoms with van der Waals surface area (Å²) in [5, 5.41) is 5.08. The van der Waals surface area contributed by atoms with E-state index in [1.807, 2.05) is 0 Å². The van der Waals surface area contributed by atoms with E-state index in [4.69, 9.17) is 18.9 Å². The van der Waals surface area contributed by atoms with Gasteiger partial charge in [-0.1, -0.05) is 12.2 Å². The largest absolute Gasteiger partial charge is 0.446 e. The highest BCUT2D eigenvalue weighted by Gasteiger charge is 2.37. The van der Waals surface area contributed by atoms with Gasteiger partial charge < -0.3 is 29.6 Å². The van der Waals surface area contributed by atoms with Gasteiger partial charge in [-0.15, -0.1) is 0 Å². The molecule has 37 heavy (non-hydrogen) atoms. The zero-order chi connectivity index (χ0) is 26.7. The van der Waals surface area contributed by atoms with E-state index in [-0.39, 0.29) is 48.5 Å². The predicted molar refractivity (Wildman–Crippen MR) is 139 cm³/mol. The number of carbonyl (C=O) groups is 4. The lowest BCUT2D eigenvalue weighted by Gasteiger charge is -2.18. The number of thioether (sulfide) groups is 1. The molecule has 0 radical (unpaired) electrons. The molecule has 2 N–H and O–H groups in total. The van der Waals surface area contributed by atoms with Crippen LogP contribution in [0.3, 0.4) is 0 Å². The molecule has 2 aliphatic rings. The minimum atomic E-state index is -0.399. The molecule has 0 aromatic heterocycles. The highest BCUT2D eigenvalue weighted by Crippen LogP contribution is 2.23. The molecule has 0 saturated carbocycles. The minimum Gasteiger partial charge on any atom is -0.446 e. The van der Waals surface area contributed by atoms with Crippen LogP contribution in [0, 0.1) is 0 Å². The van der Waals surface area contributed by atoms with Gasteiger partial charge in [0, 0.05) is 32.5 Å². The average Bonchev–Trinajstić information content (AvgIpc) is 3.14. The van der Waals surface area contributed by atoms with Crippen LogP contribution in [0.15, 0.2) is 12.2 Å². The van der Waals surface area contributed by atoms with E-state index in [0.29, 0.717) is 52.7 Å². The van der Waals surface area contributed by atoms with Crippen LogP contribution >= 0.6 is 11.8 Å². The van der Waals surface area contributed by atoms with E-state index in [1.54, 1.807) is 6.26 Å². The first kappa shape index (κ1) is 31.1. The van der Waals surface area contributed by atoms with Crippen molar-refractivity contribution in [1.29, 1.82) is 0 Å². The molecule has 1 fully saturated rings. The van der Waals surface area contributed by atoms with Crippen LogP contribution < -0.4 is 10.6 Å². The van der Waals surface area contributed by atoms with E-state index in [1.165, 1.54) is 16.7 Å². The van der Waals surface area contributed by atoms with Gasteiger partial charge in [-0.25, -0.2) is 4.79 Å². The van der Waals surface area contributed by atoms with Gasteiger partial charge in [-0.05, 0) is 38.4 Å². The third-order valence-corrected chi connectivity index (χ3v) is 6.81. The zero-order valence-electron chi connectivity index (χ0n) is 21.7. The number of hydrogen-bond acceptors (Lipinski definition) is 9. The van der Waals surface area contributed by atoms with E-state index in [9.17, 15) is 19.2 Å². The highest BCUT2D eigenvalue weighted by molar-refractivity contribution is 8.00. The van der Waals surface area contributed by atoms with Gasteiger partial charge in [0.1, 0.15) is 6.10 Å². The topological polar surface area (TPSA) is 133 Å². The first-order valence-electron chi connectivity index (χ1n) is 13.0. The Balaban J connectivity index is 1.33. The normalized spacial score (nSPS) is 20.8.